The summed E-state index contributed by atoms with van der Waals surface area (Å²) in [7, 11) is 0. The number of ketones is 2. The summed E-state index contributed by atoms with van der Waals surface area (Å²) < 4.78 is 4.80. The number of ether oxygens (including phenoxy) is 1. The lowest BCUT2D eigenvalue weighted by Crippen LogP contribution is -2.16. The predicted molar refractivity (Wildman–Crippen MR) is 91.0 cm³/mol. The number of benzene rings is 2. The van der Waals surface area contributed by atoms with Crippen LogP contribution in [0.5, 0.6) is 0 Å². The second kappa shape index (κ2) is 8.20. The van der Waals surface area contributed by atoms with E-state index in [1.165, 1.54) is 0 Å². The zero-order valence-corrected chi connectivity index (χ0v) is 13.8. The van der Waals surface area contributed by atoms with Gasteiger partial charge in [-0.2, -0.15) is 0 Å². The summed E-state index contributed by atoms with van der Waals surface area (Å²) in [6, 6.07) is 15.9. The van der Waals surface area contributed by atoms with Crippen LogP contribution in [0, 0.1) is 0 Å². The molecule has 0 bridgehead atoms. The first-order valence-electron chi connectivity index (χ1n) is 7.91. The summed E-state index contributed by atoms with van der Waals surface area (Å²) in [5.41, 5.74) is 1.83. The van der Waals surface area contributed by atoms with Gasteiger partial charge in [-0.05, 0) is 18.6 Å². The van der Waals surface area contributed by atoms with E-state index in [-0.39, 0.29) is 24.6 Å². The third-order valence-electron chi connectivity index (χ3n) is 3.79. The van der Waals surface area contributed by atoms with Crippen LogP contribution in [-0.4, -0.2) is 24.1 Å². The van der Waals surface area contributed by atoms with Gasteiger partial charge in [0.25, 0.3) is 0 Å². The molecule has 0 saturated heterocycles. The summed E-state index contributed by atoms with van der Waals surface area (Å²) in [5, 5.41) is 0. The first kappa shape index (κ1) is 17.6. The third-order valence-corrected chi connectivity index (χ3v) is 3.79. The maximum absolute atomic E-state index is 12.5. The van der Waals surface area contributed by atoms with Gasteiger partial charge in [-0.15, -0.1) is 0 Å². The molecule has 1 atom stereocenters. The molecule has 0 aliphatic carbocycles. The van der Waals surface area contributed by atoms with Gasteiger partial charge in [-0.1, -0.05) is 55.5 Å². The fourth-order valence-corrected chi connectivity index (χ4v) is 2.40. The standard InChI is InChI=1S/C20H20O4/c1-3-24-19(22)13-18(21)14(2)16-10-7-11-17(12-16)20(23)15-8-5-4-6-9-15/h4-12,14H,3,13H2,1-2H3/t14-/m0/s1. The van der Waals surface area contributed by atoms with Gasteiger partial charge >= 0.3 is 5.97 Å². The molecule has 0 N–H and O–H groups in total. The van der Waals surface area contributed by atoms with Gasteiger partial charge in [0.05, 0.1) is 6.61 Å². The van der Waals surface area contributed by atoms with Crippen LogP contribution in [0.4, 0.5) is 0 Å². The molecule has 4 heteroatoms. The highest BCUT2D eigenvalue weighted by Gasteiger charge is 2.20. The summed E-state index contributed by atoms with van der Waals surface area (Å²) in [5.74, 6) is -1.32. The fraction of sp³-hybridized carbons (Fsp3) is 0.250. The van der Waals surface area contributed by atoms with Gasteiger partial charge in [-0.3, -0.25) is 14.4 Å². The van der Waals surface area contributed by atoms with Crippen molar-refractivity contribution in [1.29, 1.82) is 0 Å². The molecule has 0 aromatic heterocycles. The van der Waals surface area contributed by atoms with Crippen LogP contribution < -0.4 is 0 Å². The van der Waals surface area contributed by atoms with Crippen molar-refractivity contribution in [1.82, 2.24) is 0 Å². The van der Waals surface area contributed by atoms with Crippen molar-refractivity contribution in [2.75, 3.05) is 6.61 Å². The Bertz CT molecular complexity index is 734. The lowest BCUT2D eigenvalue weighted by molar-refractivity contribution is -0.145. The number of esters is 1. The number of carbonyl (C=O) groups is 3. The number of Topliss-reactive ketones (excluding diaryl/α,β-unsaturated/α-hetero) is 1. The topological polar surface area (TPSA) is 60.4 Å². The smallest absolute Gasteiger partial charge is 0.313 e. The maximum Gasteiger partial charge on any atom is 0.313 e. The van der Waals surface area contributed by atoms with Crippen molar-refractivity contribution >= 4 is 17.5 Å². The molecular weight excluding hydrogens is 304 g/mol. The highest BCUT2D eigenvalue weighted by atomic mass is 16.5. The van der Waals surface area contributed by atoms with Crippen molar-refractivity contribution in [2.24, 2.45) is 0 Å². The molecule has 0 fully saturated rings. The number of hydrogen-bond acceptors (Lipinski definition) is 4. The SMILES string of the molecule is CCOC(=O)CC(=O)[C@@H](C)c1cccc(C(=O)c2ccccc2)c1. The molecule has 2 rings (SSSR count). The van der Waals surface area contributed by atoms with Gasteiger partial charge in [0.1, 0.15) is 6.42 Å². The minimum Gasteiger partial charge on any atom is -0.466 e. The molecule has 2 aromatic carbocycles. The molecule has 4 nitrogen and oxygen atoms in total. The molecule has 0 amide bonds. The lowest BCUT2D eigenvalue weighted by atomic mass is 9.92. The Hall–Kier alpha value is -2.75. The molecule has 24 heavy (non-hydrogen) atoms. The molecule has 0 heterocycles. The average molecular weight is 324 g/mol. The monoisotopic (exact) mass is 324 g/mol. The van der Waals surface area contributed by atoms with Crippen LogP contribution in [-0.2, 0) is 14.3 Å². The van der Waals surface area contributed by atoms with E-state index in [0.29, 0.717) is 16.7 Å². The van der Waals surface area contributed by atoms with Crippen molar-refractivity contribution in [3.63, 3.8) is 0 Å². The van der Waals surface area contributed by atoms with Gasteiger partial charge in [0, 0.05) is 17.0 Å². The highest BCUT2D eigenvalue weighted by molar-refractivity contribution is 6.09. The van der Waals surface area contributed by atoms with E-state index in [1.54, 1.807) is 50.2 Å². The molecule has 0 spiro atoms. The molecule has 0 radical (unpaired) electrons. The second-order valence-electron chi connectivity index (χ2n) is 5.49. The molecule has 0 aliphatic heterocycles. The van der Waals surface area contributed by atoms with Crippen LogP contribution in [0.1, 0.15) is 47.7 Å². The molecule has 124 valence electrons. The lowest BCUT2D eigenvalue weighted by Gasteiger charge is -2.12. The first-order valence-corrected chi connectivity index (χ1v) is 7.91. The van der Waals surface area contributed by atoms with Crippen molar-refractivity contribution in [3.05, 3.63) is 71.3 Å². The van der Waals surface area contributed by atoms with E-state index in [2.05, 4.69) is 0 Å². The van der Waals surface area contributed by atoms with Crippen molar-refractivity contribution in [3.8, 4) is 0 Å². The first-order chi connectivity index (χ1) is 11.5. The van der Waals surface area contributed by atoms with E-state index >= 15 is 0 Å². The van der Waals surface area contributed by atoms with Crippen molar-refractivity contribution in [2.45, 2.75) is 26.2 Å². The van der Waals surface area contributed by atoms with Crippen LogP contribution >= 0.6 is 0 Å². The highest BCUT2D eigenvalue weighted by Crippen LogP contribution is 2.21. The Balaban J connectivity index is 2.16. The van der Waals surface area contributed by atoms with Crippen LogP contribution in [0.15, 0.2) is 54.6 Å². The molecule has 0 unspecified atom stereocenters. The van der Waals surface area contributed by atoms with E-state index in [0.717, 1.165) is 0 Å². The zero-order chi connectivity index (χ0) is 17.5. The Morgan fingerprint density at radius 1 is 0.958 bits per heavy atom. The Kier molecular flexibility index (Phi) is 6.01. The quantitative estimate of drug-likeness (QED) is 0.444. The van der Waals surface area contributed by atoms with Gasteiger partial charge in [-0.25, -0.2) is 0 Å². The van der Waals surface area contributed by atoms with Gasteiger partial charge in [0.2, 0.25) is 0 Å². The Morgan fingerprint density at radius 2 is 1.62 bits per heavy atom. The number of carbonyl (C=O) groups excluding carboxylic acids is 3. The Morgan fingerprint density at radius 3 is 2.29 bits per heavy atom. The maximum atomic E-state index is 12.5. The summed E-state index contributed by atoms with van der Waals surface area (Å²) in [4.78, 5) is 36.1. The van der Waals surface area contributed by atoms with Crippen molar-refractivity contribution < 1.29 is 19.1 Å². The van der Waals surface area contributed by atoms with Crippen LogP contribution in [0.25, 0.3) is 0 Å². The van der Waals surface area contributed by atoms with E-state index in [4.69, 9.17) is 4.74 Å². The average Bonchev–Trinajstić information content (AvgIpc) is 2.61. The van der Waals surface area contributed by atoms with Gasteiger partial charge in [0.15, 0.2) is 11.6 Å². The largest absolute Gasteiger partial charge is 0.466 e. The zero-order valence-electron chi connectivity index (χ0n) is 13.8. The fourth-order valence-electron chi connectivity index (χ4n) is 2.40. The third kappa shape index (κ3) is 4.38. The van der Waals surface area contributed by atoms with Crippen LogP contribution in [0.2, 0.25) is 0 Å². The molecule has 0 saturated carbocycles. The van der Waals surface area contributed by atoms with Crippen LogP contribution in [0.3, 0.4) is 0 Å². The summed E-state index contributed by atoms with van der Waals surface area (Å²) in [6.07, 6.45) is -0.258. The molecular formula is C20H20O4. The van der Waals surface area contributed by atoms with E-state index in [9.17, 15) is 14.4 Å². The van der Waals surface area contributed by atoms with E-state index < -0.39 is 11.9 Å². The summed E-state index contributed by atoms with van der Waals surface area (Å²) in [6.45, 7) is 3.68. The number of hydrogen-bond donors (Lipinski definition) is 0. The second-order valence-corrected chi connectivity index (χ2v) is 5.49. The normalized spacial score (nSPS) is 11.6. The molecule has 0 aliphatic rings. The summed E-state index contributed by atoms with van der Waals surface area (Å²) >= 11 is 0. The van der Waals surface area contributed by atoms with E-state index in [1.807, 2.05) is 18.2 Å². The molecule has 2 aromatic rings. The Labute approximate surface area is 141 Å². The predicted octanol–water partition coefficient (Wildman–Crippen LogP) is 3.54. The minimum atomic E-state index is -0.522. The number of rotatable bonds is 7. The minimum absolute atomic E-state index is 0.0949. The van der Waals surface area contributed by atoms with Gasteiger partial charge < -0.3 is 4.74 Å².